The zero-order valence-corrected chi connectivity index (χ0v) is 9.28. The predicted octanol–water partition coefficient (Wildman–Crippen LogP) is 1.12. The highest BCUT2D eigenvalue weighted by Crippen LogP contribution is 2.31. The van der Waals surface area contributed by atoms with Crippen molar-refractivity contribution < 1.29 is 9.59 Å². The molecule has 0 aliphatic heterocycles. The molecule has 0 saturated heterocycles. The van der Waals surface area contributed by atoms with Crippen LogP contribution in [0, 0.1) is 0 Å². The van der Waals surface area contributed by atoms with Gasteiger partial charge in [-0.2, -0.15) is 0 Å². The van der Waals surface area contributed by atoms with Gasteiger partial charge in [-0.3, -0.25) is 0 Å². The lowest BCUT2D eigenvalue weighted by atomic mass is 10.2. The summed E-state index contributed by atoms with van der Waals surface area (Å²) >= 11 is 0. The van der Waals surface area contributed by atoms with Gasteiger partial charge in [-0.15, -0.1) is 0 Å². The van der Waals surface area contributed by atoms with Crippen molar-refractivity contribution in [2.75, 3.05) is 0 Å². The minimum absolute atomic E-state index is 0.450. The lowest BCUT2D eigenvalue weighted by molar-refractivity contribution is 0.335. The van der Waals surface area contributed by atoms with Gasteiger partial charge in [0.2, 0.25) is 0 Å². The van der Waals surface area contributed by atoms with Crippen molar-refractivity contribution in [1.82, 2.24) is 0 Å². The van der Waals surface area contributed by atoms with Crippen molar-refractivity contribution in [3.8, 4) is 0 Å². The van der Waals surface area contributed by atoms with Crippen LogP contribution in [0.15, 0.2) is 30.3 Å². The van der Waals surface area contributed by atoms with Gasteiger partial charge in [0.25, 0.3) is 0 Å². The van der Waals surface area contributed by atoms with Crippen molar-refractivity contribution in [3.05, 3.63) is 30.3 Å². The molecule has 0 aliphatic rings. The summed E-state index contributed by atoms with van der Waals surface area (Å²) in [6, 6.07) is 9.08. The SMILES string of the molecule is CC(C)(C)[Si](O)(O)c1ccccc1. The van der Waals surface area contributed by atoms with E-state index in [0.29, 0.717) is 5.19 Å². The number of hydrogen-bond acceptors (Lipinski definition) is 2. The molecule has 0 spiro atoms. The fourth-order valence-electron chi connectivity index (χ4n) is 1.10. The van der Waals surface area contributed by atoms with Gasteiger partial charge in [0.05, 0.1) is 0 Å². The van der Waals surface area contributed by atoms with Gasteiger partial charge < -0.3 is 9.59 Å². The molecule has 3 heteroatoms. The molecule has 0 aliphatic carbocycles. The van der Waals surface area contributed by atoms with E-state index in [1.807, 2.05) is 39.0 Å². The average Bonchev–Trinajstić information content (AvgIpc) is 2.04. The fraction of sp³-hybridized carbons (Fsp3) is 0.400. The Morgan fingerprint density at radius 3 is 1.85 bits per heavy atom. The minimum Gasteiger partial charge on any atom is -0.407 e. The summed E-state index contributed by atoms with van der Waals surface area (Å²) in [5.74, 6) is 0. The van der Waals surface area contributed by atoms with E-state index in [9.17, 15) is 9.59 Å². The highest BCUT2D eigenvalue weighted by Gasteiger charge is 2.44. The van der Waals surface area contributed by atoms with Crippen molar-refractivity contribution in [2.45, 2.75) is 25.8 Å². The monoisotopic (exact) mass is 196 g/mol. The first-order valence-corrected chi connectivity index (χ1v) is 6.25. The van der Waals surface area contributed by atoms with E-state index in [0.717, 1.165) is 0 Å². The van der Waals surface area contributed by atoms with Crippen LogP contribution in [0.2, 0.25) is 5.04 Å². The second-order valence-electron chi connectivity index (χ2n) is 4.29. The summed E-state index contributed by atoms with van der Waals surface area (Å²) in [7, 11) is -3.28. The van der Waals surface area contributed by atoms with Crippen molar-refractivity contribution in [3.63, 3.8) is 0 Å². The zero-order valence-electron chi connectivity index (χ0n) is 8.28. The quantitative estimate of drug-likeness (QED) is 0.661. The van der Waals surface area contributed by atoms with Crippen LogP contribution in [0.5, 0.6) is 0 Å². The van der Waals surface area contributed by atoms with E-state index < -0.39 is 13.6 Å². The van der Waals surface area contributed by atoms with Crippen molar-refractivity contribution in [1.29, 1.82) is 0 Å². The Balaban J connectivity index is 3.08. The molecule has 72 valence electrons. The molecular weight excluding hydrogens is 180 g/mol. The van der Waals surface area contributed by atoms with Gasteiger partial charge >= 0.3 is 8.56 Å². The largest absolute Gasteiger partial charge is 0.407 e. The topological polar surface area (TPSA) is 40.5 Å². The van der Waals surface area contributed by atoms with Crippen molar-refractivity contribution in [2.24, 2.45) is 0 Å². The molecule has 2 nitrogen and oxygen atoms in total. The van der Waals surface area contributed by atoms with Gasteiger partial charge in [-0.05, 0) is 5.19 Å². The highest BCUT2D eigenvalue weighted by molar-refractivity contribution is 6.81. The molecule has 0 unspecified atom stereocenters. The van der Waals surface area contributed by atoms with Gasteiger partial charge in [0.15, 0.2) is 0 Å². The fourth-order valence-corrected chi connectivity index (χ4v) is 2.63. The van der Waals surface area contributed by atoms with Gasteiger partial charge in [0.1, 0.15) is 0 Å². The van der Waals surface area contributed by atoms with E-state index in [-0.39, 0.29) is 0 Å². The van der Waals surface area contributed by atoms with Crippen LogP contribution in [-0.4, -0.2) is 18.2 Å². The molecule has 0 amide bonds. The Kier molecular flexibility index (Phi) is 2.61. The Bertz CT molecular complexity index is 275. The first kappa shape index (κ1) is 10.4. The molecule has 0 bridgehead atoms. The Labute approximate surface area is 80.1 Å². The van der Waals surface area contributed by atoms with Crippen LogP contribution in [0.3, 0.4) is 0 Å². The molecule has 0 atom stereocenters. The summed E-state index contributed by atoms with van der Waals surface area (Å²) in [6.45, 7) is 5.56. The summed E-state index contributed by atoms with van der Waals surface area (Å²) in [5, 5.41) is 0.219. The standard InChI is InChI=1S/C10H16O2Si/c1-10(2,3)13(11,12)9-7-5-4-6-8-9/h4-8,11-12H,1-3H3. The zero-order chi connectivity index (χ0) is 10.1. The van der Waals surface area contributed by atoms with E-state index in [1.54, 1.807) is 12.1 Å². The van der Waals surface area contributed by atoms with E-state index in [1.165, 1.54) is 0 Å². The van der Waals surface area contributed by atoms with Crippen LogP contribution in [0.1, 0.15) is 20.8 Å². The minimum atomic E-state index is -3.28. The van der Waals surface area contributed by atoms with Crippen LogP contribution in [-0.2, 0) is 0 Å². The number of hydrogen-bond donors (Lipinski definition) is 2. The van der Waals surface area contributed by atoms with Gasteiger partial charge in [-0.1, -0.05) is 51.1 Å². The molecule has 0 saturated carbocycles. The molecular formula is C10H16O2Si. The summed E-state index contributed by atoms with van der Waals surface area (Å²) in [4.78, 5) is 20.0. The molecule has 1 aromatic rings. The average molecular weight is 196 g/mol. The van der Waals surface area contributed by atoms with Crippen LogP contribution in [0.4, 0.5) is 0 Å². The van der Waals surface area contributed by atoms with Gasteiger partial charge in [0, 0.05) is 5.04 Å². The summed E-state index contributed by atoms with van der Waals surface area (Å²) < 4.78 is 0. The maximum atomic E-state index is 10.0. The third-order valence-electron chi connectivity index (χ3n) is 2.22. The molecule has 0 fully saturated rings. The molecule has 1 rings (SSSR count). The van der Waals surface area contributed by atoms with E-state index in [2.05, 4.69) is 0 Å². The second kappa shape index (κ2) is 3.25. The van der Waals surface area contributed by atoms with Crippen LogP contribution >= 0.6 is 0 Å². The smallest absolute Gasteiger partial charge is 0.372 e. The summed E-state index contributed by atoms with van der Waals surface area (Å²) in [6.07, 6.45) is 0. The third kappa shape index (κ3) is 1.99. The summed E-state index contributed by atoms with van der Waals surface area (Å²) in [5.41, 5.74) is 0. The molecule has 0 heterocycles. The number of benzene rings is 1. The molecule has 0 radical (unpaired) electrons. The molecule has 0 aromatic heterocycles. The molecule has 13 heavy (non-hydrogen) atoms. The van der Waals surface area contributed by atoms with E-state index >= 15 is 0 Å². The first-order valence-electron chi connectivity index (χ1n) is 4.36. The second-order valence-corrected chi connectivity index (χ2v) is 7.71. The normalized spacial score (nSPS) is 13.0. The lowest BCUT2D eigenvalue weighted by Crippen LogP contribution is -2.55. The van der Waals surface area contributed by atoms with Gasteiger partial charge in [-0.25, -0.2) is 0 Å². The Hall–Kier alpha value is -0.643. The Morgan fingerprint density at radius 1 is 1.00 bits per heavy atom. The lowest BCUT2D eigenvalue weighted by Gasteiger charge is -2.31. The molecule has 1 aromatic carbocycles. The maximum Gasteiger partial charge on any atom is 0.372 e. The maximum absolute atomic E-state index is 10.0. The van der Waals surface area contributed by atoms with Crippen molar-refractivity contribution >= 4 is 13.7 Å². The third-order valence-corrected chi connectivity index (χ3v) is 5.45. The van der Waals surface area contributed by atoms with Crippen LogP contribution in [0.25, 0.3) is 0 Å². The molecule has 2 N–H and O–H groups in total. The van der Waals surface area contributed by atoms with E-state index in [4.69, 9.17) is 0 Å². The van der Waals surface area contributed by atoms with Crippen LogP contribution < -0.4 is 5.19 Å². The predicted molar refractivity (Wildman–Crippen MR) is 56.0 cm³/mol. The number of rotatable bonds is 1. The highest BCUT2D eigenvalue weighted by atomic mass is 28.4. The first-order chi connectivity index (χ1) is 5.86. The Morgan fingerprint density at radius 2 is 1.46 bits per heavy atom.